The van der Waals surface area contributed by atoms with Crippen molar-refractivity contribution < 1.29 is 9.32 Å². The number of carbonyl (C=O) groups is 1. The zero-order chi connectivity index (χ0) is 19.5. The summed E-state index contributed by atoms with van der Waals surface area (Å²) in [5, 5.41) is 13.5. The number of benzene rings is 1. The van der Waals surface area contributed by atoms with Crippen LogP contribution in [0.25, 0.3) is 11.3 Å². The molecule has 4 aromatic rings. The quantitative estimate of drug-likeness (QED) is 0.533. The van der Waals surface area contributed by atoms with E-state index in [1.165, 1.54) is 0 Å². The maximum absolute atomic E-state index is 12.6. The third-order valence-electron chi connectivity index (χ3n) is 4.47. The van der Waals surface area contributed by atoms with E-state index in [2.05, 4.69) is 21.6 Å². The molecule has 1 amide bonds. The summed E-state index contributed by atoms with van der Waals surface area (Å²) in [7, 11) is 0. The molecule has 7 heteroatoms. The van der Waals surface area contributed by atoms with Gasteiger partial charge in [0.1, 0.15) is 6.04 Å². The van der Waals surface area contributed by atoms with Gasteiger partial charge in [-0.3, -0.25) is 9.48 Å². The van der Waals surface area contributed by atoms with Gasteiger partial charge in [-0.05, 0) is 31.4 Å². The van der Waals surface area contributed by atoms with Gasteiger partial charge >= 0.3 is 0 Å². The molecule has 1 unspecified atom stereocenters. The van der Waals surface area contributed by atoms with Crippen LogP contribution in [0.1, 0.15) is 32.8 Å². The number of aromatic nitrogens is 3. The van der Waals surface area contributed by atoms with Crippen LogP contribution in [0.5, 0.6) is 0 Å². The molecule has 0 saturated heterocycles. The molecular weight excluding hydrogens is 372 g/mol. The van der Waals surface area contributed by atoms with E-state index in [9.17, 15) is 4.79 Å². The van der Waals surface area contributed by atoms with Crippen molar-refractivity contribution in [2.45, 2.75) is 19.9 Å². The molecule has 1 aromatic carbocycles. The second-order valence-corrected chi connectivity index (χ2v) is 7.53. The first-order valence-electron chi connectivity index (χ1n) is 8.98. The predicted molar refractivity (Wildman–Crippen MR) is 108 cm³/mol. The number of nitrogens with zero attached hydrogens (tertiary/aromatic N) is 3. The molecule has 0 spiro atoms. The Morgan fingerprint density at radius 3 is 2.68 bits per heavy atom. The van der Waals surface area contributed by atoms with E-state index in [1.54, 1.807) is 17.4 Å². The molecule has 142 valence electrons. The van der Waals surface area contributed by atoms with E-state index >= 15 is 0 Å². The molecule has 0 aliphatic rings. The number of hydrogen-bond acceptors (Lipinski definition) is 5. The minimum atomic E-state index is -0.269. The molecule has 0 saturated carbocycles. The van der Waals surface area contributed by atoms with Crippen molar-refractivity contribution in [2.75, 3.05) is 6.54 Å². The summed E-state index contributed by atoms with van der Waals surface area (Å²) < 4.78 is 7.29. The lowest BCUT2D eigenvalue weighted by atomic mass is 10.1. The van der Waals surface area contributed by atoms with Gasteiger partial charge in [0.15, 0.2) is 11.5 Å². The van der Waals surface area contributed by atoms with Gasteiger partial charge < -0.3 is 9.84 Å². The second kappa shape index (κ2) is 7.82. The molecule has 6 nitrogen and oxygen atoms in total. The fourth-order valence-electron chi connectivity index (χ4n) is 3.15. The van der Waals surface area contributed by atoms with Crippen LogP contribution in [0, 0.1) is 13.8 Å². The topological polar surface area (TPSA) is 73.0 Å². The van der Waals surface area contributed by atoms with Crippen LogP contribution in [0.3, 0.4) is 0 Å². The van der Waals surface area contributed by atoms with Crippen LogP contribution in [-0.2, 0) is 0 Å². The standard InChI is InChI=1S/C21H20N4O2S/c1-14-11-15(2)25(23-14)18(20-9-6-10-28-20)13-22-21(26)17-12-19(27-24-17)16-7-4-3-5-8-16/h3-12,18H,13H2,1-2H3,(H,22,26). The molecule has 0 radical (unpaired) electrons. The maximum atomic E-state index is 12.6. The lowest BCUT2D eigenvalue weighted by Crippen LogP contribution is -2.32. The van der Waals surface area contributed by atoms with Gasteiger partial charge in [-0.2, -0.15) is 5.10 Å². The summed E-state index contributed by atoms with van der Waals surface area (Å²) in [5.41, 5.74) is 3.15. The molecule has 0 fully saturated rings. The van der Waals surface area contributed by atoms with Gasteiger partial charge in [-0.25, -0.2) is 0 Å². The average Bonchev–Trinajstić information content (AvgIpc) is 3.44. The van der Waals surface area contributed by atoms with E-state index in [-0.39, 0.29) is 17.6 Å². The van der Waals surface area contributed by atoms with Crippen LogP contribution < -0.4 is 5.32 Å². The zero-order valence-electron chi connectivity index (χ0n) is 15.6. The predicted octanol–water partition coefficient (Wildman–Crippen LogP) is 4.24. The highest BCUT2D eigenvalue weighted by Gasteiger charge is 2.21. The highest BCUT2D eigenvalue weighted by molar-refractivity contribution is 7.10. The van der Waals surface area contributed by atoms with Crippen LogP contribution in [0.4, 0.5) is 0 Å². The third kappa shape index (κ3) is 3.75. The molecule has 0 bridgehead atoms. The Bertz CT molecular complexity index is 1070. The van der Waals surface area contributed by atoms with Crippen LogP contribution >= 0.6 is 11.3 Å². The van der Waals surface area contributed by atoms with Crippen molar-refractivity contribution in [3.63, 3.8) is 0 Å². The summed E-state index contributed by atoms with van der Waals surface area (Å²) in [6.45, 7) is 4.40. The fraction of sp³-hybridized carbons (Fsp3) is 0.190. The number of rotatable bonds is 6. The van der Waals surface area contributed by atoms with E-state index in [0.29, 0.717) is 12.3 Å². The smallest absolute Gasteiger partial charge is 0.273 e. The number of nitrogens with one attached hydrogen (secondary N) is 1. The Kier molecular flexibility index (Phi) is 5.08. The largest absolute Gasteiger partial charge is 0.355 e. The van der Waals surface area contributed by atoms with Crippen molar-refractivity contribution in [2.24, 2.45) is 0 Å². The Morgan fingerprint density at radius 1 is 1.18 bits per heavy atom. The summed E-state index contributed by atoms with van der Waals surface area (Å²) >= 11 is 1.65. The molecule has 1 N–H and O–H groups in total. The van der Waals surface area contributed by atoms with Gasteiger partial charge in [0.2, 0.25) is 0 Å². The molecule has 3 heterocycles. The van der Waals surface area contributed by atoms with Gasteiger partial charge in [-0.1, -0.05) is 41.6 Å². The second-order valence-electron chi connectivity index (χ2n) is 6.56. The normalized spacial score (nSPS) is 12.1. The zero-order valence-corrected chi connectivity index (χ0v) is 16.4. The first-order chi connectivity index (χ1) is 13.6. The summed E-state index contributed by atoms with van der Waals surface area (Å²) in [5.74, 6) is 0.299. The Morgan fingerprint density at radius 2 is 2.00 bits per heavy atom. The van der Waals surface area contributed by atoms with E-state index in [1.807, 2.05) is 66.4 Å². The van der Waals surface area contributed by atoms with Crippen LogP contribution in [0.2, 0.25) is 0 Å². The molecule has 4 rings (SSSR count). The maximum Gasteiger partial charge on any atom is 0.273 e. The van der Waals surface area contributed by atoms with Gasteiger partial charge in [-0.15, -0.1) is 11.3 Å². The molecule has 3 aromatic heterocycles. The minimum Gasteiger partial charge on any atom is -0.355 e. The minimum absolute atomic E-state index is 0.0712. The van der Waals surface area contributed by atoms with Gasteiger partial charge in [0.25, 0.3) is 5.91 Å². The average molecular weight is 392 g/mol. The summed E-state index contributed by atoms with van der Waals surface area (Å²) in [6.07, 6.45) is 0. The van der Waals surface area contributed by atoms with Crippen LogP contribution in [0.15, 0.2) is 64.5 Å². The lowest BCUT2D eigenvalue weighted by molar-refractivity contribution is 0.0940. The summed E-state index contributed by atoms with van der Waals surface area (Å²) in [4.78, 5) is 13.8. The van der Waals surface area contributed by atoms with E-state index in [0.717, 1.165) is 21.8 Å². The Hall–Kier alpha value is -3.19. The van der Waals surface area contributed by atoms with E-state index < -0.39 is 0 Å². The monoisotopic (exact) mass is 392 g/mol. The Labute approximate surface area is 166 Å². The molecular formula is C21H20N4O2S. The van der Waals surface area contributed by atoms with Gasteiger partial charge in [0, 0.05) is 28.7 Å². The molecule has 28 heavy (non-hydrogen) atoms. The number of amides is 1. The highest BCUT2D eigenvalue weighted by atomic mass is 32.1. The molecule has 1 atom stereocenters. The summed E-state index contributed by atoms with van der Waals surface area (Å²) in [6, 6.07) is 17.3. The Balaban J connectivity index is 1.51. The SMILES string of the molecule is Cc1cc(C)n(C(CNC(=O)c2cc(-c3ccccc3)on2)c2cccs2)n1. The highest BCUT2D eigenvalue weighted by Crippen LogP contribution is 2.24. The van der Waals surface area contributed by atoms with Crippen molar-refractivity contribution in [1.82, 2.24) is 20.3 Å². The first-order valence-corrected chi connectivity index (χ1v) is 9.86. The first kappa shape index (κ1) is 18.2. The van der Waals surface area contributed by atoms with Crippen molar-refractivity contribution in [3.05, 3.63) is 81.9 Å². The number of thiophene rings is 1. The van der Waals surface area contributed by atoms with Crippen molar-refractivity contribution in [1.29, 1.82) is 0 Å². The molecule has 0 aliphatic heterocycles. The van der Waals surface area contributed by atoms with Gasteiger partial charge in [0.05, 0.1) is 5.69 Å². The number of hydrogen-bond donors (Lipinski definition) is 1. The van der Waals surface area contributed by atoms with Crippen molar-refractivity contribution in [3.8, 4) is 11.3 Å². The number of aryl methyl sites for hydroxylation is 2. The van der Waals surface area contributed by atoms with Crippen molar-refractivity contribution >= 4 is 17.2 Å². The molecule has 0 aliphatic carbocycles. The lowest BCUT2D eigenvalue weighted by Gasteiger charge is -2.18. The fourth-order valence-corrected chi connectivity index (χ4v) is 3.96. The van der Waals surface area contributed by atoms with Crippen LogP contribution in [-0.4, -0.2) is 27.4 Å². The third-order valence-corrected chi connectivity index (χ3v) is 5.44. The number of carbonyl (C=O) groups excluding carboxylic acids is 1. The van der Waals surface area contributed by atoms with E-state index in [4.69, 9.17) is 4.52 Å².